The first kappa shape index (κ1) is 13.6. The third kappa shape index (κ3) is 2.78. The Kier molecular flexibility index (Phi) is 3.61. The third-order valence-electron chi connectivity index (χ3n) is 3.18. The number of sulfone groups is 1. The Labute approximate surface area is 110 Å². The van der Waals surface area contributed by atoms with Gasteiger partial charge in [0.2, 0.25) is 0 Å². The molecule has 0 amide bonds. The minimum Gasteiger partial charge on any atom is -0.478 e. The SMILES string of the molecule is Nc1c(C(=O)O)ccnc1NCC1CCCS1(=O)=O. The molecule has 0 bridgehead atoms. The number of pyridine rings is 1. The van der Waals surface area contributed by atoms with Gasteiger partial charge < -0.3 is 16.2 Å². The van der Waals surface area contributed by atoms with E-state index in [2.05, 4.69) is 10.3 Å². The van der Waals surface area contributed by atoms with Crippen molar-refractivity contribution in [3.63, 3.8) is 0 Å². The molecular weight excluding hydrogens is 270 g/mol. The van der Waals surface area contributed by atoms with Gasteiger partial charge in [-0.1, -0.05) is 0 Å². The highest BCUT2D eigenvalue weighted by Gasteiger charge is 2.31. The summed E-state index contributed by atoms with van der Waals surface area (Å²) in [5.41, 5.74) is 5.65. The highest BCUT2D eigenvalue weighted by atomic mass is 32.2. The van der Waals surface area contributed by atoms with Crippen LogP contribution in [0.5, 0.6) is 0 Å². The van der Waals surface area contributed by atoms with Gasteiger partial charge in [-0.15, -0.1) is 0 Å². The molecule has 1 unspecified atom stereocenters. The summed E-state index contributed by atoms with van der Waals surface area (Å²) in [5, 5.41) is 11.3. The summed E-state index contributed by atoms with van der Waals surface area (Å²) in [6.07, 6.45) is 2.59. The average molecular weight is 285 g/mol. The van der Waals surface area contributed by atoms with Gasteiger partial charge in [-0.2, -0.15) is 0 Å². The Hall–Kier alpha value is -1.83. The van der Waals surface area contributed by atoms with Crippen LogP contribution in [0.3, 0.4) is 0 Å². The van der Waals surface area contributed by atoms with Crippen molar-refractivity contribution in [1.82, 2.24) is 4.98 Å². The largest absolute Gasteiger partial charge is 0.478 e. The fourth-order valence-electron chi connectivity index (χ4n) is 2.10. The molecule has 4 N–H and O–H groups in total. The van der Waals surface area contributed by atoms with Crippen LogP contribution >= 0.6 is 0 Å². The minimum atomic E-state index is -3.04. The summed E-state index contributed by atoms with van der Waals surface area (Å²) >= 11 is 0. The lowest BCUT2D eigenvalue weighted by atomic mass is 10.2. The van der Waals surface area contributed by atoms with Crippen molar-refractivity contribution in [3.8, 4) is 0 Å². The Morgan fingerprint density at radius 2 is 2.32 bits per heavy atom. The number of rotatable bonds is 4. The van der Waals surface area contributed by atoms with Crippen LogP contribution in [0.4, 0.5) is 11.5 Å². The van der Waals surface area contributed by atoms with Crippen LogP contribution in [-0.4, -0.2) is 42.0 Å². The highest BCUT2D eigenvalue weighted by Crippen LogP contribution is 2.23. The highest BCUT2D eigenvalue weighted by molar-refractivity contribution is 7.92. The maximum atomic E-state index is 11.7. The summed E-state index contributed by atoms with van der Waals surface area (Å²) in [6, 6.07) is 1.30. The molecule has 2 rings (SSSR count). The van der Waals surface area contributed by atoms with Gasteiger partial charge in [-0.3, -0.25) is 0 Å². The van der Waals surface area contributed by atoms with Crippen molar-refractivity contribution < 1.29 is 18.3 Å². The lowest BCUT2D eigenvalue weighted by molar-refractivity contribution is 0.0698. The number of carboxylic acids is 1. The van der Waals surface area contributed by atoms with Gasteiger partial charge in [-0.05, 0) is 18.9 Å². The minimum absolute atomic E-state index is 0.0189. The number of carboxylic acid groups (broad SMARTS) is 1. The average Bonchev–Trinajstić information content (AvgIpc) is 2.67. The van der Waals surface area contributed by atoms with Crippen molar-refractivity contribution in [3.05, 3.63) is 17.8 Å². The van der Waals surface area contributed by atoms with E-state index in [-0.39, 0.29) is 29.4 Å². The molecule has 1 aliphatic heterocycles. The lowest BCUT2D eigenvalue weighted by Gasteiger charge is -2.13. The first-order valence-electron chi connectivity index (χ1n) is 5.85. The predicted octanol–water partition coefficient (Wildman–Crippen LogP) is 0.351. The number of aromatic carboxylic acids is 1. The first-order valence-corrected chi connectivity index (χ1v) is 7.56. The lowest BCUT2D eigenvalue weighted by Crippen LogP contribution is -2.25. The Morgan fingerprint density at radius 3 is 2.89 bits per heavy atom. The second-order valence-corrected chi connectivity index (χ2v) is 6.84. The zero-order valence-electron chi connectivity index (χ0n) is 10.2. The van der Waals surface area contributed by atoms with Crippen molar-refractivity contribution in [2.45, 2.75) is 18.1 Å². The molecule has 0 spiro atoms. The van der Waals surface area contributed by atoms with Gasteiger partial charge in [0.25, 0.3) is 0 Å². The van der Waals surface area contributed by atoms with Crippen LogP contribution in [0, 0.1) is 0 Å². The molecule has 1 aromatic heterocycles. The van der Waals surface area contributed by atoms with E-state index in [9.17, 15) is 13.2 Å². The maximum absolute atomic E-state index is 11.7. The number of hydrogen-bond donors (Lipinski definition) is 3. The summed E-state index contributed by atoms with van der Waals surface area (Å²) in [5.74, 6) is -0.726. The number of hydrogen-bond acceptors (Lipinski definition) is 6. The van der Waals surface area contributed by atoms with E-state index in [1.807, 2.05) is 0 Å². The van der Waals surface area contributed by atoms with Crippen LogP contribution in [0.1, 0.15) is 23.2 Å². The van der Waals surface area contributed by atoms with E-state index < -0.39 is 21.1 Å². The molecule has 1 saturated heterocycles. The van der Waals surface area contributed by atoms with E-state index in [0.717, 1.165) is 0 Å². The molecule has 1 aliphatic rings. The Morgan fingerprint density at radius 1 is 1.58 bits per heavy atom. The molecule has 0 aliphatic carbocycles. The summed E-state index contributed by atoms with van der Waals surface area (Å²) in [4.78, 5) is 14.8. The van der Waals surface area contributed by atoms with Crippen LogP contribution in [0.2, 0.25) is 0 Å². The van der Waals surface area contributed by atoms with Crippen LogP contribution in [0.25, 0.3) is 0 Å². The zero-order valence-corrected chi connectivity index (χ0v) is 11.0. The fourth-order valence-corrected chi connectivity index (χ4v) is 3.86. The van der Waals surface area contributed by atoms with Crippen LogP contribution in [0.15, 0.2) is 12.3 Å². The number of aromatic nitrogens is 1. The van der Waals surface area contributed by atoms with Crippen molar-refractivity contribution in [2.24, 2.45) is 0 Å². The normalized spacial score (nSPS) is 21.2. The van der Waals surface area contributed by atoms with Gasteiger partial charge >= 0.3 is 5.97 Å². The topological polar surface area (TPSA) is 122 Å². The molecule has 8 heteroatoms. The Bertz CT molecular complexity index is 600. The molecule has 104 valence electrons. The molecule has 7 nitrogen and oxygen atoms in total. The van der Waals surface area contributed by atoms with Crippen LogP contribution in [-0.2, 0) is 9.84 Å². The number of carbonyl (C=O) groups is 1. The molecule has 2 heterocycles. The number of nitrogens with one attached hydrogen (secondary N) is 1. The summed E-state index contributed by atoms with van der Waals surface area (Å²) in [6.45, 7) is 0.197. The molecule has 1 fully saturated rings. The predicted molar refractivity (Wildman–Crippen MR) is 70.9 cm³/mol. The number of anilines is 2. The van der Waals surface area contributed by atoms with Crippen molar-refractivity contribution >= 4 is 27.3 Å². The maximum Gasteiger partial charge on any atom is 0.337 e. The van der Waals surface area contributed by atoms with Gasteiger partial charge in [0.1, 0.15) is 5.82 Å². The summed E-state index contributed by atoms with van der Waals surface area (Å²) < 4.78 is 23.3. The molecule has 0 saturated carbocycles. The smallest absolute Gasteiger partial charge is 0.337 e. The third-order valence-corrected chi connectivity index (χ3v) is 5.46. The number of nitrogens with zero attached hydrogens (tertiary/aromatic N) is 1. The molecule has 0 aromatic carbocycles. The van der Waals surface area contributed by atoms with Gasteiger partial charge in [0.05, 0.1) is 22.3 Å². The van der Waals surface area contributed by atoms with Gasteiger partial charge in [-0.25, -0.2) is 18.2 Å². The molecule has 0 radical (unpaired) electrons. The van der Waals surface area contributed by atoms with Crippen LogP contribution < -0.4 is 11.1 Å². The molecular formula is C11H15N3O4S. The Balaban J connectivity index is 2.12. The monoisotopic (exact) mass is 285 g/mol. The number of nitrogen functional groups attached to an aromatic ring is 1. The van der Waals surface area contributed by atoms with E-state index >= 15 is 0 Å². The van der Waals surface area contributed by atoms with E-state index in [1.165, 1.54) is 12.3 Å². The fraction of sp³-hybridized carbons (Fsp3) is 0.455. The molecule has 19 heavy (non-hydrogen) atoms. The second kappa shape index (κ2) is 5.04. The van der Waals surface area contributed by atoms with E-state index in [1.54, 1.807) is 0 Å². The summed E-state index contributed by atoms with van der Waals surface area (Å²) in [7, 11) is -3.04. The molecule has 1 aromatic rings. The first-order chi connectivity index (χ1) is 8.92. The van der Waals surface area contributed by atoms with E-state index in [4.69, 9.17) is 10.8 Å². The molecule has 1 atom stereocenters. The van der Waals surface area contributed by atoms with E-state index in [0.29, 0.717) is 12.8 Å². The quantitative estimate of drug-likeness (QED) is 0.729. The second-order valence-electron chi connectivity index (χ2n) is 4.44. The van der Waals surface area contributed by atoms with Gasteiger partial charge in [0, 0.05) is 12.7 Å². The van der Waals surface area contributed by atoms with Gasteiger partial charge in [0.15, 0.2) is 9.84 Å². The number of nitrogens with two attached hydrogens (primary N) is 1. The standard InChI is InChI=1S/C11H15N3O4S/c12-9-8(11(15)16)3-4-13-10(9)14-6-7-2-1-5-19(7,17)18/h3-4,7H,1-2,5-6,12H2,(H,13,14)(H,15,16). The van der Waals surface area contributed by atoms with Crippen molar-refractivity contribution in [1.29, 1.82) is 0 Å². The zero-order chi connectivity index (χ0) is 14.0. The van der Waals surface area contributed by atoms with Crippen molar-refractivity contribution in [2.75, 3.05) is 23.3 Å².